The normalized spacial score (nSPS) is 13.7. The van der Waals surface area contributed by atoms with Crippen molar-refractivity contribution < 1.29 is 19.1 Å². The van der Waals surface area contributed by atoms with E-state index in [-0.39, 0.29) is 5.92 Å². The Morgan fingerprint density at radius 3 is 2.25 bits per heavy atom. The minimum Gasteiger partial charge on any atom is -0.480 e. The van der Waals surface area contributed by atoms with Crippen LogP contribution < -0.4 is 10.6 Å². The second-order valence-corrected chi connectivity index (χ2v) is 4.92. The number of hydrogen-bond acceptors (Lipinski definition) is 2. The van der Waals surface area contributed by atoms with Crippen LogP contribution >= 0.6 is 0 Å². The molecule has 6 heteroatoms. The summed E-state index contributed by atoms with van der Waals surface area (Å²) in [5.41, 5.74) is 0.346. The van der Waals surface area contributed by atoms with Crippen molar-refractivity contribution in [1.29, 1.82) is 0 Å². The maximum absolute atomic E-state index is 13.5. The standard InChI is InChI=1S/C14H19FN2O3/c1-8(2)12(13(18)19)17-14(20)16-9(3)10-6-4-5-7-11(10)15/h4-9,12H,1-3H3,(H,18,19)(H2,16,17,20)/t9?,12-/m1/s1. The van der Waals surface area contributed by atoms with E-state index in [2.05, 4.69) is 10.6 Å². The van der Waals surface area contributed by atoms with E-state index in [0.717, 1.165) is 0 Å². The molecule has 1 unspecified atom stereocenters. The van der Waals surface area contributed by atoms with Crippen LogP contribution in [0.5, 0.6) is 0 Å². The van der Waals surface area contributed by atoms with Crippen LogP contribution in [0.2, 0.25) is 0 Å². The monoisotopic (exact) mass is 282 g/mol. The quantitative estimate of drug-likeness (QED) is 0.775. The molecule has 0 fully saturated rings. The molecule has 1 rings (SSSR count). The molecule has 0 aromatic heterocycles. The first-order valence-corrected chi connectivity index (χ1v) is 6.37. The molecule has 2 amide bonds. The van der Waals surface area contributed by atoms with Gasteiger partial charge in [-0.2, -0.15) is 0 Å². The van der Waals surface area contributed by atoms with Crippen molar-refractivity contribution >= 4 is 12.0 Å². The molecular weight excluding hydrogens is 263 g/mol. The van der Waals surface area contributed by atoms with Gasteiger partial charge in [0.05, 0.1) is 6.04 Å². The maximum Gasteiger partial charge on any atom is 0.326 e. The average molecular weight is 282 g/mol. The van der Waals surface area contributed by atoms with E-state index < -0.39 is 29.9 Å². The summed E-state index contributed by atoms with van der Waals surface area (Å²) in [5, 5.41) is 13.9. The summed E-state index contributed by atoms with van der Waals surface area (Å²) in [4.78, 5) is 22.7. The number of rotatable bonds is 5. The molecular formula is C14H19FN2O3. The van der Waals surface area contributed by atoms with E-state index in [1.807, 2.05) is 0 Å². The Kier molecular flexibility index (Phi) is 5.49. The van der Waals surface area contributed by atoms with Crippen LogP contribution in [-0.4, -0.2) is 23.1 Å². The molecule has 0 aliphatic carbocycles. The Balaban J connectivity index is 2.67. The third kappa shape index (κ3) is 4.22. The summed E-state index contributed by atoms with van der Waals surface area (Å²) in [7, 11) is 0. The summed E-state index contributed by atoms with van der Waals surface area (Å²) in [6.07, 6.45) is 0. The van der Waals surface area contributed by atoms with Gasteiger partial charge in [0.25, 0.3) is 0 Å². The fourth-order valence-electron chi connectivity index (χ4n) is 1.80. The van der Waals surface area contributed by atoms with Gasteiger partial charge in [0.15, 0.2) is 0 Å². The van der Waals surface area contributed by atoms with Gasteiger partial charge < -0.3 is 15.7 Å². The van der Waals surface area contributed by atoms with Crippen LogP contribution in [0.4, 0.5) is 9.18 Å². The zero-order chi connectivity index (χ0) is 15.3. The number of carboxylic acids is 1. The topological polar surface area (TPSA) is 78.4 Å². The second-order valence-electron chi connectivity index (χ2n) is 4.92. The first kappa shape index (κ1) is 15.9. The summed E-state index contributed by atoms with van der Waals surface area (Å²) >= 11 is 0. The van der Waals surface area contributed by atoms with Crippen LogP contribution in [0.25, 0.3) is 0 Å². The number of carbonyl (C=O) groups is 2. The number of carboxylic acid groups (broad SMARTS) is 1. The number of hydrogen-bond donors (Lipinski definition) is 3. The predicted molar refractivity (Wildman–Crippen MR) is 72.7 cm³/mol. The predicted octanol–water partition coefficient (Wildman–Crippen LogP) is 2.30. The number of aliphatic carboxylic acids is 1. The molecule has 110 valence electrons. The Labute approximate surface area is 117 Å². The molecule has 0 aliphatic heterocycles. The Morgan fingerprint density at radius 1 is 1.15 bits per heavy atom. The van der Waals surface area contributed by atoms with Crippen molar-refractivity contribution in [3.8, 4) is 0 Å². The number of carbonyl (C=O) groups excluding carboxylic acids is 1. The minimum atomic E-state index is -1.10. The van der Waals surface area contributed by atoms with Gasteiger partial charge in [-0.15, -0.1) is 0 Å². The lowest BCUT2D eigenvalue weighted by Gasteiger charge is -2.21. The van der Waals surface area contributed by atoms with Gasteiger partial charge in [0, 0.05) is 5.56 Å². The first-order valence-electron chi connectivity index (χ1n) is 6.37. The largest absolute Gasteiger partial charge is 0.480 e. The Bertz CT molecular complexity index is 491. The van der Waals surface area contributed by atoms with Crippen molar-refractivity contribution in [1.82, 2.24) is 10.6 Å². The van der Waals surface area contributed by atoms with Crippen molar-refractivity contribution in [2.24, 2.45) is 5.92 Å². The fourth-order valence-corrected chi connectivity index (χ4v) is 1.80. The lowest BCUT2D eigenvalue weighted by Crippen LogP contribution is -2.49. The van der Waals surface area contributed by atoms with E-state index in [0.29, 0.717) is 5.56 Å². The van der Waals surface area contributed by atoms with E-state index >= 15 is 0 Å². The number of nitrogens with one attached hydrogen (secondary N) is 2. The average Bonchev–Trinajstić information content (AvgIpc) is 2.35. The molecule has 1 aromatic rings. The highest BCUT2D eigenvalue weighted by Gasteiger charge is 2.24. The highest BCUT2D eigenvalue weighted by Crippen LogP contribution is 2.15. The van der Waals surface area contributed by atoms with Gasteiger partial charge in [0.1, 0.15) is 11.9 Å². The lowest BCUT2D eigenvalue weighted by molar-refractivity contribution is -0.140. The van der Waals surface area contributed by atoms with Crippen LogP contribution in [0.1, 0.15) is 32.4 Å². The maximum atomic E-state index is 13.5. The molecule has 0 bridgehead atoms. The second kappa shape index (κ2) is 6.88. The van der Waals surface area contributed by atoms with Gasteiger partial charge >= 0.3 is 12.0 Å². The van der Waals surface area contributed by atoms with E-state index in [1.54, 1.807) is 39.0 Å². The molecule has 0 saturated heterocycles. The molecule has 5 nitrogen and oxygen atoms in total. The van der Waals surface area contributed by atoms with Gasteiger partial charge in [-0.05, 0) is 18.9 Å². The van der Waals surface area contributed by atoms with Gasteiger partial charge in [-0.1, -0.05) is 32.0 Å². The van der Waals surface area contributed by atoms with Crippen LogP contribution in [0, 0.1) is 11.7 Å². The van der Waals surface area contributed by atoms with Crippen molar-refractivity contribution in [3.05, 3.63) is 35.6 Å². The molecule has 0 radical (unpaired) electrons. The van der Waals surface area contributed by atoms with E-state index in [9.17, 15) is 14.0 Å². The van der Waals surface area contributed by atoms with Gasteiger partial charge in [-0.25, -0.2) is 14.0 Å². The van der Waals surface area contributed by atoms with E-state index in [1.165, 1.54) is 6.07 Å². The SMILES string of the molecule is CC(NC(=O)N[C@@H](C(=O)O)C(C)C)c1ccccc1F. The molecule has 0 aliphatic rings. The molecule has 3 N–H and O–H groups in total. The van der Waals surface area contributed by atoms with Crippen molar-refractivity contribution in [3.63, 3.8) is 0 Å². The molecule has 20 heavy (non-hydrogen) atoms. The van der Waals surface area contributed by atoms with E-state index in [4.69, 9.17) is 5.11 Å². The zero-order valence-electron chi connectivity index (χ0n) is 11.7. The van der Waals surface area contributed by atoms with Gasteiger partial charge in [-0.3, -0.25) is 0 Å². The molecule has 0 heterocycles. The molecule has 2 atom stereocenters. The highest BCUT2D eigenvalue weighted by molar-refractivity contribution is 5.82. The molecule has 0 saturated carbocycles. The Morgan fingerprint density at radius 2 is 1.75 bits per heavy atom. The third-order valence-corrected chi connectivity index (χ3v) is 2.94. The lowest BCUT2D eigenvalue weighted by atomic mass is 10.1. The summed E-state index contributed by atoms with van der Waals surface area (Å²) in [6.45, 7) is 5.02. The van der Waals surface area contributed by atoms with Crippen LogP contribution in [0.15, 0.2) is 24.3 Å². The summed E-state index contributed by atoms with van der Waals surface area (Å²) < 4.78 is 13.5. The smallest absolute Gasteiger partial charge is 0.326 e. The number of halogens is 1. The molecule has 0 spiro atoms. The number of urea groups is 1. The first-order chi connectivity index (χ1) is 9.32. The van der Waals surface area contributed by atoms with Crippen LogP contribution in [0.3, 0.4) is 0 Å². The summed E-state index contributed by atoms with van der Waals surface area (Å²) in [5.74, 6) is -1.77. The third-order valence-electron chi connectivity index (χ3n) is 2.94. The van der Waals surface area contributed by atoms with Crippen molar-refractivity contribution in [2.75, 3.05) is 0 Å². The number of amides is 2. The van der Waals surface area contributed by atoms with Crippen LogP contribution in [-0.2, 0) is 4.79 Å². The van der Waals surface area contributed by atoms with Gasteiger partial charge in [0.2, 0.25) is 0 Å². The molecule has 1 aromatic carbocycles. The fraction of sp³-hybridized carbons (Fsp3) is 0.429. The highest BCUT2D eigenvalue weighted by atomic mass is 19.1. The number of benzene rings is 1. The minimum absolute atomic E-state index is 0.248. The Hall–Kier alpha value is -2.11. The zero-order valence-corrected chi connectivity index (χ0v) is 11.7. The van der Waals surface area contributed by atoms with Crippen molar-refractivity contribution in [2.45, 2.75) is 32.9 Å². The summed E-state index contributed by atoms with van der Waals surface area (Å²) in [6, 6.07) is 3.92.